The van der Waals surface area contributed by atoms with Gasteiger partial charge in [0.15, 0.2) is 0 Å². The highest BCUT2D eigenvalue weighted by atomic mass is 32.2. The highest BCUT2D eigenvalue weighted by Gasteiger charge is 2.23. The van der Waals surface area contributed by atoms with Crippen molar-refractivity contribution in [3.63, 3.8) is 0 Å². The summed E-state index contributed by atoms with van der Waals surface area (Å²) < 4.78 is 27.9. The Hall–Kier alpha value is -1.85. The van der Waals surface area contributed by atoms with Crippen molar-refractivity contribution in [2.45, 2.75) is 31.7 Å². The van der Waals surface area contributed by atoms with Gasteiger partial charge in [-0.1, -0.05) is 36.4 Å². The number of aryl methyl sites for hydroxylation is 1. The number of hydrogen-bond acceptors (Lipinski definition) is 3. The van der Waals surface area contributed by atoms with Gasteiger partial charge in [0.25, 0.3) is 0 Å². The second-order valence-corrected chi connectivity index (χ2v) is 6.83. The quantitative estimate of drug-likeness (QED) is 0.853. The molecule has 112 valence electrons. The van der Waals surface area contributed by atoms with Crippen molar-refractivity contribution < 1.29 is 8.42 Å². The highest BCUT2D eigenvalue weighted by Crippen LogP contribution is 2.26. The molecule has 0 spiro atoms. The first-order valence-corrected chi connectivity index (χ1v) is 8.24. The number of anilines is 1. The van der Waals surface area contributed by atoms with E-state index in [9.17, 15) is 8.42 Å². The van der Waals surface area contributed by atoms with E-state index in [1.54, 1.807) is 13.0 Å². The fourth-order valence-corrected chi connectivity index (χ4v) is 3.93. The molecule has 2 aromatic carbocycles. The molecule has 0 bridgehead atoms. The number of hydrogen-bond donors (Lipinski definition) is 2. The van der Waals surface area contributed by atoms with Crippen LogP contribution in [0.3, 0.4) is 0 Å². The lowest BCUT2D eigenvalue weighted by Crippen LogP contribution is -2.28. The molecule has 0 fully saturated rings. The molecule has 0 aliphatic carbocycles. The molecule has 2 rings (SSSR count). The first-order chi connectivity index (χ1) is 9.83. The highest BCUT2D eigenvalue weighted by molar-refractivity contribution is 7.89. The number of sulfonamides is 1. The largest absolute Gasteiger partial charge is 0.398 e. The Kier molecular flexibility index (Phi) is 4.34. The third kappa shape index (κ3) is 3.25. The molecule has 21 heavy (non-hydrogen) atoms. The number of rotatable bonds is 4. The molecule has 3 N–H and O–H groups in total. The molecule has 5 heteroatoms. The fourth-order valence-electron chi connectivity index (χ4n) is 2.27. The summed E-state index contributed by atoms with van der Waals surface area (Å²) in [5, 5.41) is 0. The van der Waals surface area contributed by atoms with Crippen LogP contribution in [0, 0.1) is 13.8 Å². The molecule has 4 nitrogen and oxygen atoms in total. The summed E-state index contributed by atoms with van der Waals surface area (Å²) in [6.45, 7) is 5.45. The Morgan fingerprint density at radius 3 is 2.29 bits per heavy atom. The maximum Gasteiger partial charge on any atom is 0.243 e. The van der Waals surface area contributed by atoms with Gasteiger partial charge in [-0.05, 0) is 43.5 Å². The van der Waals surface area contributed by atoms with Gasteiger partial charge in [-0.25, -0.2) is 13.1 Å². The van der Waals surface area contributed by atoms with Gasteiger partial charge in [0.05, 0.1) is 5.69 Å². The van der Waals surface area contributed by atoms with Crippen LogP contribution in [0.5, 0.6) is 0 Å². The van der Waals surface area contributed by atoms with Crippen LogP contribution in [0.2, 0.25) is 0 Å². The molecule has 0 aliphatic rings. The summed E-state index contributed by atoms with van der Waals surface area (Å²) in [6.07, 6.45) is 0. The fraction of sp³-hybridized carbons (Fsp3) is 0.250. The zero-order valence-electron chi connectivity index (χ0n) is 12.4. The van der Waals surface area contributed by atoms with Crippen molar-refractivity contribution in [1.82, 2.24) is 4.72 Å². The lowest BCUT2D eigenvalue weighted by Gasteiger charge is -2.18. The number of nitrogen functional groups attached to an aromatic ring is 1. The van der Waals surface area contributed by atoms with E-state index in [0.717, 1.165) is 11.1 Å². The first-order valence-electron chi connectivity index (χ1n) is 6.76. The second-order valence-electron chi connectivity index (χ2n) is 5.18. The molecule has 1 atom stereocenters. The number of benzene rings is 2. The Labute approximate surface area is 126 Å². The standard InChI is InChI=1S/C16H20N2O2S/c1-11-9-10-15(17)16(12(11)2)21(19,20)18-13(3)14-7-5-4-6-8-14/h4-10,13,18H,17H2,1-3H3. The molecule has 0 saturated carbocycles. The number of nitrogens with two attached hydrogens (primary N) is 1. The van der Waals surface area contributed by atoms with Crippen molar-refractivity contribution in [2.24, 2.45) is 0 Å². The summed E-state index contributed by atoms with van der Waals surface area (Å²) in [6, 6.07) is 12.6. The van der Waals surface area contributed by atoms with E-state index < -0.39 is 10.0 Å². The lowest BCUT2D eigenvalue weighted by atomic mass is 10.1. The maximum atomic E-state index is 12.6. The molecule has 2 aromatic rings. The van der Waals surface area contributed by atoms with E-state index in [1.807, 2.05) is 50.2 Å². The minimum Gasteiger partial charge on any atom is -0.398 e. The summed E-state index contributed by atoms with van der Waals surface area (Å²) in [5.74, 6) is 0. The molecular formula is C16H20N2O2S. The smallest absolute Gasteiger partial charge is 0.243 e. The van der Waals surface area contributed by atoms with E-state index in [4.69, 9.17) is 5.73 Å². The maximum absolute atomic E-state index is 12.6. The van der Waals surface area contributed by atoms with Crippen molar-refractivity contribution in [2.75, 3.05) is 5.73 Å². The van der Waals surface area contributed by atoms with Crippen LogP contribution in [0.25, 0.3) is 0 Å². The minimum atomic E-state index is -3.67. The van der Waals surface area contributed by atoms with Crippen LogP contribution >= 0.6 is 0 Å². The molecule has 1 unspecified atom stereocenters. The van der Waals surface area contributed by atoms with Crippen molar-refractivity contribution in [1.29, 1.82) is 0 Å². The SMILES string of the molecule is Cc1ccc(N)c(S(=O)(=O)NC(C)c2ccccc2)c1C. The number of nitrogens with one attached hydrogen (secondary N) is 1. The molecule has 0 amide bonds. The zero-order valence-corrected chi connectivity index (χ0v) is 13.2. The zero-order chi connectivity index (χ0) is 15.6. The van der Waals surface area contributed by atoms with Gasteiger partial charge in [-0.3, -0.25) is 0 Å². The summed E-state index contributed by atoms with van der Waals surface area (Å²) in [5.41, 5.74) is 8.63. The van der Waals surface area contributed by atoms with Gasteiger partial charge in [0.1, 0.15) is 4.90 Å². The molecule has 0 aromatic heterocycles. The lowest BCUT2D eigenvalue weighted by molar-refractivity contribution is 0.566. The van der Waals surface area contributed by atoms with Gasteiger partial charge in [-0.2, -0.15) is 0 Å². The van der Waals surface area contributed by atoms with Crippen LogP contribution in [0.15, 0.2) is 47.4 Å². The van der Waals surface area contributed by atoms with Crippen LogP contribution in [-0.4, -0.2) is 8.42 Å². The van der Waals surface area contributed by atoms with Crippen molar-refractivity contribution >= 4 is 15.7 Å². The van der Waals surface area contributed by atoms with Crippen LogP contribution in [-0.2, 0) is 10.0 Å². The Morgan fingerprint density at radius 1 is 1.05 bits per heavy atom. The van der Waals surface area contributed by atoms with Gasteiger partial charge < -0.3 is 5.73 Å². The van der Waals surface area contributed by atoms with Crippen LogP contribution < -0.4 is 10.5 Å². The molecule has 0 radical (unpaired) electrons. The van der Waals surface area contributed by atoms with Gasteiger partial charge >= 0.3 is 0 Å². The summed E-state index contributed by atoms with van der Waals surface area (Å²) in [4.78, 5) is 0.172. The third-order valence-electron chi connectivity index (χ3n) is 3.61. The van der Waals surface area contributed by atoms with Crippen molar-refractivity contribution in [3.05, 3.63) is 59.2 Å². The van der Waals surface area contributed by atoms with Gasteiger partial charge in [-0.15, -0.1) is 0 Å². The Morgan fingerprint density at radius 2 is 1.67 bits per heavy atom. The molecule has 0 saturated heterocycles. The van der Waals surface area contributed by atoms with Crippen LogP contribution in [0.4, 0.5) is 5.69 Å². The van der Waals surface area contributed by atoms with E-state index >= 15 is 0 Å². The van der Waals surface area contributed by atoms with Crippen molar-refractivity contribution in [3.8, 4) is 0 Å². The predicted octanol–water partition coefficient (Wildman–Crippen LogP) is 2.93. The van der Waals surface area contributed by atoms with E-state index in [2.05, 4.69) is 4.72 Å². The van der Waals surface area contributed by atoms with E-state index in [1.165, 1.54) is 0 Å². The Balaban J connectivity index is 2.38. The Bertz CT molecular complexity index is 740. The summed E-state index contributed by atoms with van der Waals surface area (Å²) >= 11 is 0. The topological polar surface area (TPSA) is 72.2 Å². The van der Waals surface area contributed by atoms with Gasteiger partial charge in [0.2, 0.25) is 10.0 Å². The van der Waals surface area contributed by atoms with E-state index in [0.29, 0.717) is 5.56 Å². The molecule has 0 heterocycles. The average Bonchev–Trinajstić information content (AvgIpc) is 2.43. The minimum absolute atomic E-state index is 0.172. The third-order valence-corrected chi connectivity index (χ3v) is 5.35. The summed E-state index contributed by atoms with van der Waals surface area (Å²) in [7, 11) is -3.67. The predicted molar refractivity (Wildman–Crippen MR) is 85.5 cm³/mol. The molecule has 0 aliphatic heterocycles. The van der Waals surface area contributed by atoms with Crippen LogP contribution in [0.1, 0.15) is 29.7 Å². The van der Waals surface area contributed by atoms with Gasteiger partial charge in [0, 0.05) is 6.04 Å². The molecular weight excluding hydrogens is 284 g/mol. The monoisotopic (exact) mass is 304 g/mol. The first kappa shape index (κ1) is 15.5. The normalized spacial score (nSPS) is 13.1. The average molecular weight is 304 g/mol. The van der Waals surface area contributed by atoms with E-state index in [-0.39, 0.29) is 16.6 Å². The second kappa shape index (κ2) is 5.87.